The molecular formula is C44H59N5O8. The summed E-state index contributed by atoms with van der Waals surface area (Å²) in [5, 5.41) is 31.7. The SMILES string of the molecule is CCN(CC)C(=O)Nc1ccc(OCC(O)CNC(C)(C)C)c(C(C)=O)c1.COc1ccccc1OCCNCC(O)COc1cccc2[nH]c3ccccc3c12. The summed E-state index contributed by atoms with van der Waals surface area (Å²) in [5.74, 6) is 2.39. The summed E-state index contributed by atoms with van der Waals surface area (Å²) in [6.07, 6.45) is -1.33. The van der Waals surface area contributed by atoms with Gasteiger partial charge < -0.3 is 55.0 Å². The Hall–Kier alpha value is -5.34. The highest BCUT2D eigenvalue weighted by Gasteiger charge is 2.17. The molecule has 5 aromatic rings. The van der Waals surface area contributed by atoms with Crippen molar-refractivity contribution in [1.29, 1.82) is 0 Å². The first-order chi connectivity index (χ1) is 27.3. The number of H-pyrrole nitrogens is 1. The molecule has 0 aliphatic rings. The number of ketones is 1. The maximum Gasteiger partial charge on any atom is 0.321 e. The zero-order valence-electron chi connectivity index (χ0n) is 34.2. The number of hydrogen-bond donors (Lipinski definition) is 6. The van der Waals surface area contributed by atoms with E-state index in [0.717, 1.165) is 27.6 Å². The number of amides is 2. The summed E-state index contributed by atoms with van der Waals surface area (Å²) >= 11 is 0. The standard InChI is InChI=1S/C24H26N2O4.C20H33N3O4/c1-28-21-10-4-5-11-22(21)29-14-13-25-15-17(27)16-30-23-12-6-9-20-24(23)18-7-2-3-8-19(18)26-20;1-7-23(8-2)19(26)22-15-9-10-18(17(11-15)14(3)24)27-13-16(25)12-21-20(4,5)6/h2-12,17,25-27H,13-16H2,1H3;9-11,16,21,25H,7-8,12-13H2,1-6H3,(H,22,26). The number of para-hydroxylation sites is 3. The van der Waals surface area contributed by atoms with Gasteiger partial charge in [-0.05, 0) is 90.1 Å². The van der Waals surface area contributed by atoms with Gasteiger partial charge in [-0.2, -0.15) is 0 Å². The van der Waals surface area contributed by atoms with Crippen molar-refractivity contribution in [1.82, 2.24) is 20.5 Å². The summed E-state index contributed by atoms with van der Waals surface area (Å²) < 4.78 is 22.6. The Morgan fingerprint density at radius 3 is 2.09 bits per heavy atom. The average molecular weight is 786 g/mol. The number of nitrogens with zero attached hydrogens (tertiary/aromatic N) is 1. The number of nitrogens with one attached hydrogen (secondary N) is 4. The highest BCUT2D eigenvalue weighted by Crippen LogP contribution is 2.33. The lowest BCUT2D eigenvalue weighted by Gasteiger charge is -2.23. The van der Waals surface area contributed by atoms with E-state index >= 15 is 0 Å². The number of carbonyl (C=O) groups is 2. The molecule has 2 amide bonds. The Labute approximate surface area is 335 Å². The van der Waals surface area contributed by atoms with Crippen LogP contribution in [0.2, 0.25) is 0 Å². The molecule has 0 aliphatic carbocycles. The second-order valence-corrected chi connectivity index (χ2v) is 14.5. The molecule has 0 bridgehead atoms. The Balaban J connectivity index is 0.000000255. The summed E-state index contributed by atoms with van der Waals surface area (Å²) in [6, 6.07) is 26.3. The minimum atomic E-state index is -0.703. The molecule has 1 heterocycles. The maximum absolute atomic E-state index is 12.2. The minimum Gasteiger partial charge on any atom is -0.493 e. The first-order valence-electron chi connectivity index (χ1n) is 19.4. The summed E-state index contributed by atoms with van der Waals surface area (Å²) in [4.78, 5) is 29.2. The van der Waals surface area contributed by atoms with E-state index in [1.807, 2.05) is 95.3 Å². The molecule has 0 fully saturated rings. The van der Waals surface area contributed by atoms with Gasteiger partial charge in [0.25, 0.3) is 0 Å². The number of anilines is 1. The van der Waals surface area contributed by atoms with Gasteiger partial charge in [0.05, 0.1) is 18.2 Å². The van der Waals surface area contributed by atoms with Crippen LogP contribution in [0.5, 0.6) is 23.0 Å². The average Bonchev–Trinajstić information content (AvgIpc) is 3.58. The second kappa shape index (κ2) is 21.8. The van der Waals surface area contributed by atoms with Crippen molar-refractivity contribution in [3.05, 3.63) is 90.5 Å². The molecule has 2 unspecified atom stereocenters. The monoisotopic (exact) mass is 785 g/mol. The molecule has 57 heavy (non-hydrogen) atoms. The molecule has 0 spiro atoms. The fourth-order valence-corrected chi connectivity index (χ4v) is 5.86. The van der Waals surface area contributed by atoms with Crippen LogP contribution in [-0.4, -0.2) is 109 Å². The van der Waals surface area contributed by atoms with Gasteiger partial charge >= 0.3 is 6.03 Å². The van der Waals surface area contributed by atoms with Crippen molar-refractivity contribution >= 4 is 39.3 Å². The molecular weight excluding hydrogens is 727 g/mol. The molecule has 5 rings (SSSR count). The zero-order chi connectivity index (χ0) is 41.4. The first-order valence-corrected chi connectivity index (χ1v) is 19.4. The van der Waals surface area contributed by atoms with Crippen LogP contribution in [0, 0.1) is 0 Å². The van der Waals surface area contributed by atoms with Crippen LogP contribution in [0.4, 0.5) is 10.5 Å². The number of aromatic amines is 1. The van der Waals surface area contributed by atoms with E-state index in [1.165, 1.54) is 6.92 Å². The van der Waals surface area contributed by atoms with Gasteiger partial charge in [0.2, 0.25) is 0 Å². The second-order valence-electron chi connectivity index (χ2n) is 14.5. The molecule has 1 aromatic heterocycles. The molecule has 13 nitrogen and oxygen atoms in total. The van der Waals surface area contributed by atoms with E-state index in [0.29, 0.717) is 67.8 Å². The Morgan fingerprint density at radius 2 is 1.40 bits per heavy atom. The molecule has 4 aromatic carbocycles. The number of carbonyl (C=O) groups excluding carboxylic acids is 2. The first kappa shape index (κ1) is 44.4. The number of ether oxygens (including phenoxy) is 4. The molecule has 0 saturated heterocycles. The van der Waals surface area contributed by atoms with Crippen LogP contribution in [0.3, 0.4) is 0 Å². The van der Waals surface area contributed by atoms with Crippen molar-refractivity contribution in [3.8, 4) is 23.0 Å². The van der Waals surface area contributed by atoms with Crippen LogP contribution in [0.1, 0.15) is 51.9 Å². The Bertz CT molecular complexity index is 2020. The predicted octanol–water partition coefficient (Wildman–Crippen LogP) is 6.63. The van der Waals surface area contributed by atoms with Gasteiger partial charge in [0.15, 0.2) is 17.3 Å². The number of hydrogen-bond acceptors (Lipinski definition) is 10. The van der Waals surface area contributed by atoms with Crippen molar-refractivity contribution in [3.63, 3.8) is 0 Å². The van der Waals surface area contributed by atoms with E-state index in [4.69, 9.17) is 18.9 Å². The van der Waals surface area contributed by atoms with E-state index < -0.39 is 12.2 Å². The zero-order valence-corrected chi connectivity index (χ0v) is 34.2. The van der Waals surface area contributed by atoms with Crippen molar-refractivity contribution < 1.29 is 38.7 Å². The molecule has 0 aliphatic heterocycles. The Kier molecular flexibility index (Phi) is 17.0. The van der Waals surface area contributed by atoms with Gasteiger partial charge in [-0.3, -0.25) is 4.79 Å². The molecule has 13 heteroatoms. The van der Waals surface area contributed by atoms with Crippen molar-refractivity contribution in [2.45, 2.75) is 59.3 Å². The lowest BCUT2D eigenvalue weighted by Crippen LogP contribution is -2.42. The van der Waals surface area contributed by atoms with Gasteiger partial charge in [-0.25, -0.2) is 4.79 Å². The number of fused-ring (bicyclic) bond motifs is 3. The van der Waals surface area contributed by atoms with Crippen molar-refractivity contribution in [2.75, 3.05) is 65.0 Å². The third kappa shape index (κ3) is 13.7. The normalized spacial score (nSPS) is 12.3. The van der Waals surface area contributed by atoms with Crippen LogP contribution < -0.4 is 34.9 Å². The van der Waals surface area contributed by atoms with Gasteiger partial charge in [-0.1, -0.05) is 36.4 Å². The number of urea groups is 1. The van der Waals surface area contributed by atoms with Gasteiger partial charge in [0, 0.05) is 60.2 Å². The van der Waals surface area contributed by atoms with Crippen LogP contribution >= 0.6 is 0 Å². The van der Waals surface area contributed by atoms with E-state index in [9.17, 15) is 19.8 Å². The number of benzene rings is 4. The predicted molar refractivity (Wildman–Crippen MR) is 226 cm³/mol. The number of Topliss-reactive ketones (excluding diaryl/α,β-unsaturated/α-hetero) is 1. The maximum atomic E-state index is 12.2. The topological polar surface area (TPSA) is 167 Å². The number of rotatable bonds is 19. The van der Waals surface area contributed by atoms with Gasteiger partial charge in [0.1, 0.15) is 43.5 Å². The quantitative estimate of drug-likeness (QED) is 0.0395. The van der Waals surface area contributed by atoms with Crippen LogP contribution in [0.25, 0.3) is 21.8 Å². The lowest BCUT2D eigenvalue weighted by molar-refractivity contribution is 0.0950. The molecule has 2 atom stereocenters. The van der Waals surface area contributed by atoms with Crippen molar-refractivity contribution in [2.24, 2.45) is 0 Å². The number of methoxy groups -OCH3 is 1. The van der Waals surface area contributed by atoms with Gasteiger partial charge in [-0.15, -0.1) is 0 Å². The number of aliphatic hydroxyl groups excluding tert-OH is 2. The van der Waals surface area contributed by atoms with E-state index in [1.54, 1.807) is 30.2 Å². The van der Waals surface area contributed by atoms with E-state index in [-0.39, 0.29) is 30.6 Å². The van der Waals surface area contributed by atoms with Crippen LogP contribution in [-0.2, 0) is 0 Å². The number of β-amino-alcohol motifs (C(OH)–C–C–N with tert-alkyl or cyclic N) is 1. The summed E-state index contributed by atoms with van der Waals surface area (Å²) in [6.45, 7) is 14.6. The van der Waals surface area contributed by atoms with E-state index in [2.05, 4.69) is 27.0 Å². The number of aliphatic hydroxyl groups is 2. The lowest BCUT2D eigenvalue weighted by atomic mass is 10.1. The third-order valence-corrected chi connectivity index (χ3v) is 8.87. The largest absolute Gasteiger partial charge is 0.493 e. The smallest absolute Gasteiger partial charge is 0.321 e. The Morgan fingerprint density at radius 1 is 0.772 bits per heavy atom. The fraction of sp³-hybridized carbons (Fsp3) is 0.409. The molecule has 6 N–H and O–H groups in total. The highest BCUT2D eigenvalue weighted by molar-refractivity contribution is 6.10. The highest BCUT2D eigenvalue weighted by atomic mass is 16.5. The fourth-order valence-electron chi connectivity index (χ4n) is 5.86. The number of aromatic nitrogens is 1. The summed E-state index contributed by atoms with van der Waals surface area (Å²) in [7, 11) is 1.62. The van der Waals surface area contributed by atoms with Crippen LogP contribution in [0.15, 0.2) is 84.9 Å². The summed E-state index contributed by atoms with van der Waals surface area (Å²) in [5.41, 5.74) is 2.88. The molecule has 308 valence electrons. The third-order valence-electron chi connectivity index (χ3n) is 8.87. The molecule has 0 radical (unpaired) electrons. The molecule has 0 saturated carbocycles. The minimum absolute atomic E-state index is 0.0640.